The van der Waals surface area contributed by atoms with Crippen molar-refractivity contribution in [3.05, 3.63) is 39.9 Å². The van der Waals surface area contributed by atoms with Crippen LogP contribution < -0.4 is 5.73 Å². The zero-order valence-corrected chi connectivity index (χ0v) is 8.50. The van der Waals surface area contributed by atoms with Crippen LogP contribution in [-0.4, -0.2) is 16.0 Å². The van der Waals surface area contributed by atoms with Crippen LogP contribution in [-0.2, 0) is 4.79 Å². The summed E-state index contributed by atoms with van der Waals surface area (Å²) >= 11 is 0. The van der Waals surface area contributed by atoms with Crippen molar-refractivity contribution < 1.29 is 14.8 Å². The van der Waals surface area contributed by atoms with Crippen LogP contribution in [0.3, 0.4) is 0 Å². The van der Waals surface area contributed by atoms with Crippen molar-refractivity contribution in [2.45, 2.75) is 18.9 Å². The number of nitro groups is 1. The first-order valence-electron chi connectivity index (χ1n) is 4.72. The molecule has 0 saturated carbocycles. The minimum Gasteiger partial charge on any atom is -0.481 e. The Morgan fingerprint density at radius 2 is 2.25 bits per heavy atom. The highest BCUT2D eigenvalue weighted by atomic mass is 16.6. The Morgan fingerprint density at radius 1 is 1.56 bits per heavy atom. The third-order valence-corrected chi connectivity index (χ3v) is 2.18. The number of benzene rings is 1. The number of carbonyl (C=O) groups is 1. The van der Waals surface area contributed by atoms with Crippen LogP contribution in [0, 0.1) is 10.1 Å². The smallest absolute Gasteiger partial charge is 0.303 e. The summed E-state index contributed by atoms with van der Waals surface area (Å²) in [6.07, 6.45) is 0.209. The van der Waals surface area contributed by atoms with Crippen LogP contribution in [0.25, 0.3) is 0 Å². The predicted octanol–water partition coefficient (Wildman–Crippen LogP) is 1.46. The number of aliphatic carboxylic acids is 1. The number of nitrogens with two attached hydrogens (primary N) is 1. The Hall–Kier alpha value is -1.95. The van der Waals surface area contributed by atoms with E-state index in [1.54, 1.807) is 6.07 Å². The molecule has 6 nitrogen and oxygen atoms in total. The summed E-state index contributed by atoms with van der Waals surface area (Å²) in [6, 6.07) is 5.43. The van der Waals surface area contributed by atoms with Gasteiger partial charge in [0, 0.05) is 24.6 Å². The molecule has 1 atom stereocenters. The van der Waals surface area contributed by atoms with E-state index in [-0.39, 0.29) is 18.5 Å². The molecule has 0 aliphatic heterocycles. The van der Waals surface area contributed by atoms with E-state index in [0.29, 0.717) is 5.56 Å². The predicted molar refractivity (Wildman–Crippen MR) is 56.9 cm³/mol. The van der Waals surface area contributed by atoms with Gasteiger partial charge in [0.05, 0.1) is 4.92 Å². The third kappa shape index (κ3) is 3.32. The van der Waals surface area contributed by atoms with E-state index in [0.717, 1.165) is 0 Å². The number of carboxylic acid groups (broad SMARTS) is 1. The van der Waals surface area contributed by atoms with Crippen molar-refractivity contribution in [1.29, 1.82) is 0 Å². The molecule has 0 radical (unpaired) electrons. The van der Waals surface area contributed by atoms with Crippen molar-refractivity contribution in [3.8, 4) is 0 Å². The lowest BCUT2D eigenvalue weighted by Crippen LogP contribution is -2.12. The molecule has 0 heterocycles. The number of nitro benzene ring substituents is 1. The molecule has 0 saturated heterocycles. The highest BCUT2D eigenvalue weighted by molar-refractivity contribution is 5.66. The molecule has 0 spiro atoms. The van der Waals surface area contributed by atoms with E-state index >= 15 is 0 Å². The molecule has 6 heteroatoms. The first-order valence-corrected chi connectivity index (χ1v) is 4.72. The minimum atomic E-state index is -0.930. The lowest BCUT2D eigenvalue weighted by molar-refractivity contribution is -0.384. The topological polar surface area (TPSA) is 106 Å². The SMILES string of the molecule is NC(CCC(=O)O)c1cccc([N+](=O)[O-])c1. The van der Waals surface area contributed by atoms with Crippen LogP contribution in [0.15, 0.2) is 24.3 Å². The summed E-state index contributed by atoms with van der Waals surface area (Å²) < 4.78 is 0. The van der Waals surface area contributed by atoms with Crippen molar-refractivity contribution in [1.82, 2.24) is 0 Å². The van der Waals surface area contributed by atoms with Crippen molar-refractivity contribution in [3.63, 3.8) is 0 Å². The van der Waals surface area contributed by atoms with E-state index in [9.17, 15) is 14.9 Å². The van der Waals surface area contributed by atoms with Crippen LogP contribution in [0.4, 0.5) is 5.69 Å². The Kier molecular flexibility index (Phi) is 3.96. The highest BCUT2D eigenvalue weighted by Gasteiger charge is 2.12. The summed E-state index contributed by atoms with van der Waals surface area (Å²) in [5.41, 5.74) is 6.27. The molecule has 1 aromatic rings. The molecule has 3 N–H and O–H groups in total. The number of nitrogens with zero attached hydrogens (tertiary/aromatic N) is 1. The Bertz CT molecular complexity index is 406. The van der Waals surface area contributed by atoms with E-state index < -0.39 is 16.9 Å². The fourth-order valence-corrected chi connectivity index (χ4v) is 1.31. The molecule has 1 aromatic carbocycles. The van der Waals surface area contributed by atoms with Gasteiger partial charge in [-0.25, -0.2) is 0 Å². The van der Waals surface area contributed by atoms with E-state index in [2.05, 4.69) is 0 Å². The molecule has 0 fully saturated rings. The van der Waals surface area contributed by atoms with Gasteiger partial charge in [0.25, 0.3) is 5.69 Å². The normalized spacial score (nSPS) is 12.1. The second kappa shape index (κ2) is 5.22. The fourth-order valence-electron chi connectivity index (χ4n) is 1.31. The summed E-state index contributed by atoms with van der Waals surface area (Å²) in [5, 5.41) is 19.0. The number of non-ortho nitro benzene ring substituents is 1. The Balaban J connectivity index is 2.75. The molecular formula is C10H12N2O4. The lowest BCUT2D eigenvalue weighted by atomic mass is 10.0. The van der Waals surface area contributed by atoms with Crippen LogP contribution in [0.5, 0.6) is 0 Å². The van der Waals surface area contributed by atoms with Gasteiger partial charge >= 0.3 is 5.97 Å². The van der Waals surface area contributed by atoms with Crippen molar-refractivity contribution >= 4 is 11.7 Å². The second-order valence-electron chi connectivity index (χ2n) is 3.39. The zero-order valence-electron chi connectivity index (χ0n) is 8.50. The molecule has 1 rings (SSSR count). The minimum absolute atomic E-state index is 0.0386. The summed E-state index contributed by atoms with van der Waals surface area (Å²) in [5.74, 6) is -0.930. The molecule has 0 aliphatic rings. The standard InChI is InChI=1S/C10H12N2O4/c11-9(4-5-10(13)14)7-2-1-3-8(6-7)12(15)16/h1-3,6,9H,4-5,11H2,(H,13,14). The van der Waals surface area contributed by atoms with E-state index in [4.69, 9.17) is 10.8 Å². The van der Waals surface area contributed by atoms with Gasteiger partial charge in [-0.05, 0) is 12.0 Å². The third-order valence-electron chi connectivity index (χ3n) is 2.18. The molecule has 0 amide bonds. The average Bonchev–Trinajstić information content (AvgIpc) is 2.26. The van der Waals surface area contributed by atoms with Gasteiger partial charge in [-0.15, -0.1) is 0 Å². The molecular weight excluding hydrogens is 212 g/mol. The van der Waals surface area contributed by atoms with Crippen LogP contribution in [0.2, 0.25) is 0 Å². The van der Waals surface area contributed by atoms with Gasteiger partial charge < -0.3 is 10.8 Å². The monoisotopic (exact) mass is 224 g/mol. The van der Waals surface area contributed by atoms with Gasteiger partial charge in [0.2, 0.25) is 0 Å². The lowest BCUT2D eigenvalue weighted by Gasteiger charge is -2.09. The molecule has 1 unspecified atom stereocenters. The van der Waals surface area contributed by atoms with E-state index in [1.807, 2.05) is 0 Å². The summed E-state index contributed by atoms with van der Waals surface area (Å²) in [6.45, 7) is 0. The number of rotatable bonds is 5. The molecule has 0 bridgehead atoms. The summed E-state index contributed by atoms with van der Waals surface area (Å²) in [7, 11) is 0. The molecule has 86 valence electrons. The maximum absolute atomic E-state index is 10.5. The maximum atomic E-state index is 10.5. The zero-order chi connectivity index (χ0) is 12.1. The summed E-state index contributed by atoms with van der Waals surface area (Å²) in [4.78, 5) is 20.4. The first-order chi connectivity index (χ1) is 7.50. The van der Waals surface area contributed by atoms with Crippen LogP contribution >= 0.6 is 0 Å². The molecule has 16 heavy (non-hydrogen) atoms. The number of carboxylic acids is 1. The highest BCUT2D eigenvalue weighted by Crippen LogP contribution is 2.20. The second-order valence-corrected chi connectivity index (χ2v) is 3.39. The first kappa shape index (κ1) is 12.1. The average molecular weight is 224 g/mol. The van der Waals surface area contributed by atoms with Gasteiger partial charge in [-0.1, -0.05) is 12.1 Å². The van der Waals surface area contributed by atoms with Crippen molar-refractivity contribution in [2.24, 2.45) is 5.73 Å². The molecule has 0 aliphatic carbocycles. The Morgan fingerprint density at radius 3 is 2.81 bits per heavy atom. The van der Waals surface area contributed by atoms with Gasteiger partial charge in [-0.3, -0.25) is 14.9 Å². The fraction of sp³-hybridized carbons (Fsp3) is 0.300. The number of hydrogen-bond acceptors (Lipinski definition) is 4. The van der Waals surface area contributed by atoms with Crippen LogP contribution in [0.1, 0.15) is 24.4 Å². The van der Waals surface area contributed by atoms with Gasteiger partial charge in [-0.2, -0.15) is 0 Å². The number of hydrogen-bond donors (Lipinski definition) is 2. The Labute approximate surface area is 91.8 Å². The molecule has 0 aromatic heterocycles. The van der Waals surface area contributed by atoms with E-state index in [1.165, 1.54) is 18.2 Å². The van der Waals surface area contributed by atoms with Gasteiger partial charge in [0.1, 0.15) is 0 Å². The van der Waals surface area contributed by atoms with Gasteiger partial charge in [0.15, 0.2) is 0 Å². The van der Waals surface area contributed by atoms with Crippen molar-refractivity contribution in [2.75, 3.05) is 0 Å². The maximum Gasteiger partial charge on any atom is 0.303 e. The quantitative estimate of drug-likeness (QED) is 0.581. The largest absolute Gasteiger partial charge is 0.481 e.